The molecule has 0 unspecified atom stereocenters. The van der Waals surface area contributed by atoms with Crippen molar-refractivity contribution < 1.29 is 19.1 Å². The second-order valence-corrected chi connectivity index (χ2v) is 6.85. The van der Waals surface area contributed by atoms with E-state index in [1.807, 2.05) is 0 Å². The highest BCUT2D eigenvalue weighted by molar-refractivity contribution is 5.69. The van der Waals surface area contributed by atoms with Gasteiger partial charge in [0.15, 0.2) is 0 Å². The quantitative estimate of drug-likeness (QED) is 0.458. The highest BCUT2D eigenvalue weighted by Gasteiger charge is 2.22. The van der Waals surface area contributed by atoms with E-state index in [0.717, 1.165) is 0 Å². The molecular formula is C14H27N5O4. The smallest absolute Gasteiger partial charge is 0.410 e. The van der Waals surface area contributed by atoms with Gasteiger partial charge in [-0.2, -0.15) is 0 Å². The van der Waals surface area contributed by atoms with Crippen LogP contribution in [0.4, 0.5) is 9.59 Å². The molecule has 0 aliphatic rings. The summed E-state index contributed by atoms with van der Waals surface area (Å²) in [7, 11) is 0. The number of carbonyl (C=O) groups excluding carboxylic acids is 2. The number of azide groups is 1. The molecule has 0 aliphatic heterocycles. The van der Waals surface area contributed by atoms with E-state index in [2.05, 4.69) is 15.3 Å². The van der Waals surface area contributed by atoms with E-state index >= 15 is 0 Å². The van der Waals surface area contributed by atoms with E-state index in [4.69, 9.17) is 15.0 Å². The van der Waals surface area contributed by atoms with Gasteiger partial charge in [-0.25, -0.2) is 9.59 Å². The standard InChI is InChI=1S/C14H27N5O4/c1-13(2,3)22-11(20)16-7-9-19(10-8-17-18-15)12(21)23-14(4,5)6/h7-10H2,1-6H3,(H,16,20). The van der Waals surface area contributed by atoms with Crippen molar-refractivity contribution in [3.8, 4) is 0 Å². The third kappa shape index (κ3) is 12.1. The Morgan fingerprint density at radius 1 is 1.09 bits per heavy atom. The van der Waals surface area contributed by atoms with Gasteiger partial charge in [-0.3, -0.25) is 0 Å². The maximum Gasteiger partial charge on any atom is 0.410 e. The molecule has 0 heterocycles. The van der Waals surface area contributed by atoms with E-state index in [1.54, 1.807) is 41.5 Å². The number of rotatable bonds is 6. The SMILES string of the molecule is CC(C)(C)OC(=O)NCCN(CCN=[N+]=[N-])C(=O)OC(C)(C)C. The minimum atomic E-state index is -0.633. The lowest BCUT2D eigenvalue weighted by Gasteiger charge is -2.27. The molecule has 0 saturated heterocycles. The summed E-state index contributed by atoms with van der Waals surface area (Å²) in [6, 6.07) is 0. The summed E-state index contributed by atoms with van der Waals surface area (Å²) < 4.78 is 10.4. The average molecular weight is 329 g/mol. The summed E-state index contributed by atoms with van der Waals surface area (Å²) in [6.45, 7) is 11.3. The van der Waals surface area contributed by atoms with Crippen LogP contribution >= 0.6 is 0 Å². The molecule has 132 valence electrons. The van der Waals surface area contributed by atoms with Gasteiger partial charge in [-0.15, -0.1) is 0 Å². The summed E-state index contributed by atoms with van der Waals surface area (Å²) in [6.07, 6.45) is -1.09. The van der Waals surface area contributed by atoms with Crippen molar-refractivity contribution >= 4 is 12.2 Å². The summed E-state index contributed by atoms with van der Waals surface area (Å²) >= 11 is 0. The van der Waals surface area contributed by atoms with Crippen molar-refractivity contribution in [3.63, 3.8) is 0 Å². The Hall–Kier alpha value is -2.15. The van der Waals surface area contributed by atoms with Gasteiger partial charge in [0, 0.05) is 31.1 Å². The van der Waals surface area contributed by atoms with Gasteiger partial charge < -0.3 is 19.7 Å². The van der Waals surface area contributed by atoms with E-state index in [9.17, 15) is 9.59 Å². The second-order valence-electron chi connectivity index (χ2n) is 6.85. The van der Waals surface area contributed by atoms with E-state index in [0.29, 0.717) is 0 Å². The first kappa shape index (κ1) is 20.9. The van der Waals surface area contributed by atoms with E-state index in [-0.39, 0.29) is 26.2 Å². The third-order valence-corrected chi connectivity index (χ3v) is 2.23. The fourth-order valence-electron chi connectivity index (χ4n) is 1.44. The molecular weight excluding hydrogens is 302 g/mol. The Morgan fingerprint density at radius 3 is 2.13 bits per heavy atom. The molecule has 0 fully saturated rings. The molecule has 0 atom stereocenters. The molecule has 23 heavy (non-hydrogen) atoms. The number of hydrogen-bond acceptors (Lipinski definition) is 5. The van der Waals surface area contributed by atoms with Crippen LogP contribution in [0.25, 0.3) is 10.4 Å². The maximum absolute atomic E-state index is 12.1. The molecule has 0 aliphatic carbocycles. The first-order valence-electron chi connectivity index (χ1n) is 7.40. The normalized spacial score (nSPS) is 11.2. The van der Waals surface area contributed by atoms with Crippen LogP contribution < -0.4 is 5.32 Å². The largest absolute Gasteiger partial charge is 0.444 e. The van der Waals surface area contributed by atoms with E-state index < -0.39 is 23.4 Å². The molecule has 9 nitrogen and oxygen atoms in total. The molecule has 9 heteroatoms. The Kier molecular flexibility index (Phi) is 8.24. The second kappa shape index (κ2) is 9.09. The lowest BCUT2D eigenvalue weighted by molar-refractivity contribution is 0.0246. The van der Waals surface area contributed by atoms with Crippen LogP contribution in [-0.4, -0.2) is 54.5 Å². The Morgan fingerprint density at radius 2 is 1.65 bits per heavy atom. The Balaban J connectivity index is 4.49. The van der Waals surface area contributed by atoms with Gasteiger partial charge in [0.25, 0.3) is 0 Å². The number of nitrogens with one attached hydrogen (secondary N) is 1. The molecule has 0 aromatic carbocycles. The molecule has 2 amide bonds. The van der Waals surface area contributed by atoms with Crippen molar-refractivity contribution in [1.29, 1.82) is 0 Å². The number of hydrogen-bond donors (Lipinski definition) is 1. The zero-order chi connectivity index (χ0) is 18.1. The first-order chi connectivity index (χ1) is 10.4. The van der Waals surface area contributed by atoms with Crippen LogP contribution in [0.3, 0.4) is 0 Å². The zero-order valence-corrected chi connectivity index (χ0v) is 14.8. The van der Waals surface area contributed by atoms with Gasteiger partial charge >= 0.3 is 12.2 Å². The molecule has 0 aromatic heterocycles. The zero-order valence-electron chi connectivity index (χ0n) is 14.8. The third-order valence-electron chi connectivity index (χ3n) is 2.23. The molecule has 0 rings (SSSR count). The minimum Gasteiger partial charge on any atom is -0.444 e. The molecule has 0 aromatic rings. The summed E-state index contributed by atoms with van der Waals surface area (Å²) in [4.78, 5) is 27.7. The number of carbonyl (C=O) groups is 2. The van der Waals surface area contributed by atoms with Gasteiger partial charge in [-0.1, -0.05) is 5.11 Å². The van der Waals surface area contributed by atoms with Gasteiger partial charge in [0.2, 0.25) is 0 Å². The maximum atomic E-state index is 12.1. The lowest BCUT2D eigenvalue weighted by Crippen LogP contribution is -2.43. The number of nitrogens with zero attached hydrogens (tertiary/aromatic N) is 4. The lowest BCUT2D eigenvalue weighted by atomic mass is 10.2. The van der Waals surface area contributed by atoms with Crippen molar-refractivity contribution in [1.82, 2.24) is 10.2 Å². The molecule has 0 saturated carbocycles. The fraction of sp³-hybridized carbons (Fsp3) is 0.857. The van der Waals surface area contributed by atoms with E-state index in [1.165, 1.54) is 4.90 Å². The number of ether oxygens (including phenoxy) is 2. The molecule has 0 spiro atoms. The van der Waals surface area contributed by atoms with Crippen molar-refractivity contribution in [2.75, 3.05) is 26.2 Å². The highest BCUT2D eigenvalue weighted by Crippen LogP contribution is 2.10. The summed E-state index contributed by atoms with van der Waals surface area (Å²) in [5, 5.41) is 5.96. The summed E-state index contributed by atoms with van der Waals surface area (Å²) in [5.41, 5.74) is 7.09. The van der Waals surface area contributed by atoms with Crippen LogP contribution in [-0.2, 0) is 9.47 Å². The Labute approximate surface area is 136 Å². The fourth-order valence-corrected chi connectivity index (χ4v) is 1.44. The first-order valence-corrected chi connectivity index (χ1v) is 7.40. The molecule has 0 bridgehead atoms. The van der Waals surface area contributed by atoms with Crippen LogP contribution in [0, 0.1) is 0 Å². The van der Waals surface area contributed by atoms with Crippen LogP contribution in [0.1, 0.15) is 41.5 Å². The topological polar surface area (TPSA) is 117 Å². The van der Waals surface area contributed by atoms with Crippen molar-refractivity contribution in [2.45, 2.75) is 52.7 Å². The number of amides is 2. The predicted octanol–water partition coefficient (Wildman–Crippen LogP) is 3.06. The summed E-state index contributed by atoms with van der Waals surface area (Å²) in [5.74, 6) is 0. The van der Waals surface area contributed by atoms with Crippen LogP contribution in [0.2, 0.25) is 0 Å². The van der Waals surface area contributed by atoms with Gasteiger partial charge in [0.05, 0.1) is 0 Å². The van der Waals surface area contributed by atoms with Crippen LogP contribution in [0.5, 0.6) is 0 Å². The van der Waals surface area contributed by atoms with Crippen molar-refractivity contribution in [3.05, 3.63) is 10.4 Å². The van der Waals surface area contributed by atoms with Crippen LogP contribution in [0.15, 0.2) is 5.11 Å². The van der Waals surface area contributed by atoms with Gasteiger partial charge in [0.1, 0.15) is 11.2 Å². The number of alkyl carbamates (subject to hydrolysis) is 1. The molecule has 1 N–H and O–H groups in total. The monoisotopic (exact) mass is 329 g/mol. The average Bonchev–Trinajstić information content (AvgIpc) is 2.32. The predicted molar refractivity (Wildman–Crippen MR) is 86.1 cm³/mol. The minimum absolute atomic E-state index is 0.127. The van der Waals surface area contributed by atoms with Crippen molar-refractivity contribution in [2.24, 2.45) is 5.11 Å². The molecule has 0 radical (unpaired) electrons. The highest BCUT2D eigenvalue weighted by atomic mass is 16.6. The van der Waals surface area contributed by atoms with Gasteiger partial charge in [-0.05, 0) is 47.1 Å². The Bertz CT molecular complexity index is 447.